The fourth-order valence-corrected chi connectivity index (χ4v) is 3.02. The molecule has 30 heavy (non-hydrogen) atoms. The summed E-state index contributed by atoms with van der Waals surface area (Å²) in [6, 6.07) is 7.89. The van der Waals surface area contributed by atoms with E-state index in [4.69, 9.17) is 5.73 Å². The zero-order valence-electron chi connectivity index (χ0n) is 17.4. The number of nitrogen functional groups attached to an aromatic ring is 1. The Labute approximate surface area is 179 Å². The minimum atomic E-state index is 0.201. The van der Waals surface area contributed by atoms with Gasteiger partial charge in [0.15, 0.2) is 0 Å². The normalized spacial score (nSPS) is 11.1. The second kappa shape index (κ2) is 9.87. The number of azo groups is 1. The predicted octanol–water partition coefficient (Wildman–Crippen LogP) is 3.03. The van der Waals surface area contributed by atoms with Gasteiger partial charge in [0.2, 0.25) is 17.8 Å². The maximum atomic E-state index is 5.74. The third-order valence-corrected chi connectivity index (χ3v) is 4.77. The van der Waals surface area contributed by atoms with E-state index in [-0.39, 0.29) is 5.95 Å². The summed E-state index contributed by atoms with van der Waals surface area (Å²) in [4.78, 5) is 16.5. The third-order valence-electron chi connectivity index (χ3n) is 4.05. The SMILES string of the molecule is Cc1nnc(/N=N/c2ccc(N(C)CCCNc3nc(N)nc(N(C)C)n3)cc2)s1. The molecule has 0 fully saturated rings. The van der Waals surface area contributed by atoms with Crippen molar-refractivity contribution in [2.45, 2.75) is 13.3 Å². The van der Waals surface area contributed by atoms with Gasteiger partial charge in [-0.1, -0.05) is 11.3 Å². The maximum absolute atomic E-state index is 5.74. The molecule has 0 saturated carbocycles. The largest absolute Gasteiger partial charge is 0.375 e. The Morgan fingerprint density at radius 2 is 1.80 bits per heavy atom. The highest BCUT2D eigenvalue weighted by Crippen LogP contribution is 2.23. The number of benzene rings is 1. The zero-order valence-corrected chi connectivity index (χ0v) is 18.3. The number of nitrogens with zero attached hydrogens (tertiary/aromatic N) is 9. The van der Waals surface area contributed by atoms with Crippen LogP contribution in [0, 0.1) is 6.92 Å². The van der Waals surface area contributed by atoms with Crippen molar-refractivity contribution >= 4 is 45.7 Å². The number of nitrogens with one attached hydrogen (secondary N) is 1. The maximum Gasteiger partial charge on any atom is 0.251 e. The molecule has 0 bridgehead atoms. The van der Waals surface area contributed by atoms with Gasteiger partial charge in [0.25, 0.3) is 5.13 Å². The molecule has 3 N–H and O–H groups in total. The van der Waals surface area contributed by atoms with E-state index in [0.29, 0.717) is 23.6 Å². The first-order valence-corrected chi connectivity index (χ1v) is 10.2. The Kier molecular flexibility index (Phi) is 7.01. The summed E-state index contributed by atoms with van der Waals surface area (Å²) in [5.74, 6) is 1.21. The van der Waals surface area contributed by atoms with Crippen molar-refractivity contribution in [1.29, 1.82) is 0 Å². The van der Waals surface area contributed by atoms with Gasteiger partial charge >= 0.3 is 0 Å². The number of hydrogen-bond acceptors (Lipinski definition) is 12. The van der Waals surface area contributed by atoms with Crippen LogP contribution in [0.1, 0.15) is 11.4 Å². The lowest BCUT2D eigenvalue weighted by Crippen LogP contribution is -2.21. The minimum Gasteiger partial charge on any atom is -0.375 e. The Morgan fingerprint density at radius 1 is 1.03 bits per heavy atom. The van der Waals surface area contributed by atoms with Gasteiger partial charge in [-0.25, -0.2) is 0 Å². The molecule has 12 heteroatoms. The molecule has 0 aliphatic heterocycles. The molecule has 0 aliphatic rings. The van der Waals surface area contributed by atoms with Crippen LogP contribution in [0.25, 0.3) is 0 Å². The Bertz CT molecular complexity index is 984. The summed E-state index contributed by atoms with van der Waals surface area (Å²) >= 11 is 1.41. The fraction of sp³-hybridized carbons (Fsp3) is 0.389. The second-order valence-corrected chi connectivity index (χ2v) is 7.89. The molecule has 2 heterocycles. The lowest BCUT2D eigenvalue weighted by molar-refractivity contribution is 0.809. The quantitative estimate of drug-likeness (QED) is 0.390. The first kappa shape index (κ1) is 21.3. The van der Waals surface area contributed by atoms with Crippen molar-refractivity contribution in [1.82, 2.24) is 25.1 Å². The molecule has 0 amide bonds. The smallest absolute Gasteiger partial charge is 0.251 e. The summed E-state index contributed by atoms with van der Waals surface area (Å²) in [7, 11) is 5.76. The van der Waals surface area contributed by atoms with Crippen molar-refractivity contribution in [3.63, 3.8) is 0 Å². The molecule has 1 aromatic carbocycles. The van der Waals surface area contributed by atoms with Gasteiger partial charge in [-0.3, -0.25) is 0 Å². The van der Waals surface area contributed by atoms with Gasteiger partial charge in [-0.05, 0) is 37.6 Å². The lowest BCUT2D eigenvalue weighted by Gasteiger charge is -2.19. The van der Waals surface area contributed by atoms with Gasteiger partial charge in [-0.15, -0.1) is 20.4 Å². The molecule has 158 valence electrons. The topological polar surface area (TPSA) is 134 Å². The summed E-state index contributed by atoms with van der Waals surface area (Å²) in [6.07, 6.45) is 0.900. The summed E-state index contributed by atoms with van der Waals surface area (Å²) in [5.41, 5.74) is 7.60. The van der Waals surface area contributed by atoms with Crippen molar-refractivity contribution < 1.29 is 0 Å². The second-order valence-electron chi connectivity index (χ2n) is 6.73. The van der Waals surface area contributed by atoms with E-state index in [1.54, 1.807) is 4.90 Å². The number of anilines is 4. The molecule has 0 atom stereocenters. The summed E-state index contributed by atoms with van der Waals surface area (Å²) in [6.45, 7) is 3.46. The van der Waals surface area contributed by atoms with Crippen molar-refractivity contribution in [3.8, 4) is 0 Å². The number of aryl methyl sites for hydroxylation is 1. The highest BCUT2D eigenvalue weighted by Gasteiger charge is 2.06. The molecule has 3 rings (SSSR count). The highest BCUT2D eigenvalue weighted by molar-refractivity contribution is 7.14. The molecule has 0 unspecified atom stereocenters. The molecule has 0 spiro atoms. The van der Waals surface area contributed by atoms with E-state index in [2.05, 4.69) is 45.6 Å². The Balaban J connectivity index is 1.47. The van der Waals surface area contributed by atoms with Crippen LogP contribution >= 0.6 is 11.3 Å². The van der Waals surface area contributed by atoms with Crippen LogP contribution in [0.4, 0.5) is 34.4 Å². The zero-order chi connectivity index (χ0) is 21.5. The fourth-order valence-electron chi connectivity index (χ4n) is 2.51. The van der Waals surface area contributed by atoms with Gasteiger partial charge in [0, 0.05) is 39.9 Å². The van der Waals surface area contributed by atoms with Crippen molar-refractivity contribution in [2.75, 3.05) is 55.1 Å². The van der Waals surface area contributed by atoms with Crippen LogP contribution in [0.5, 0.6) is 0 Å². The molecular formula is C18H25N11S. The molecule has 0 saturated heterocycles. The van der Waals surface area contributed by atoms with Gasteiger partial charge in [0.05, 0.1) is 5.69 Å². The third kappa shape index (κ3) is 6.04. The monoisotopic (exact) mass is 427 g/mol. The minimum absolute atomic E-state index is 0.201. The van der Waals surface area contributed by atoms with Crippen LogP contribution in [-0.4, -0.2) is 59.4 Å². The summed E-state index contributed by atoms with van der Waals surface area (Å²) < 4.78 is 0. The number of hydrogen-bond donors (Lipinski definition) is 2. The summed E-state index contributed by atoms with van der Waals surface area (Å²) in [5, 5.41) is 20.8. The predicted molar refractivity (Wildman–Crippen MR) is 120 cm³/mol. The number of nitrogens with two attached hydrogens (primary N) is 1. The van der Waals surface area contributed by atoms with Crippen LogP contribution in [0.2, 0.25) is 0 Å². The highest BCUT2D eigenvalue weighted by atomic mass is 32.1. The van der Waals surface area contributed by atoms with Gasteiger partial charge in [-0.2, -0.15) is 15.0 Å². The van der Waals surface area contributed by atoms with Crippen LogP contribution in [0.3, 0.4) is 0 Å². The molecule has 11 nitrogen and oxygen atoms in total. The average molecular weight is 428 g/mol. The average Bonchev–Trinajstić information content (AvgIpc) is 3.14. The molecule has 3 aromatic rings. The molecular weight excluding hydrogens is 402 g/mol. The van der Waals surface area contributed by atoms with E-state index >= 15 is 0 Å². The van der Waals surface area contributed by atoms with Gasteiger partial charge in [0.1, 0.15) is 5.01 Å². The standard InChI is InChI=1S/C18H25N11S/c1-12-24-26-18(30-12)27-25-13-6-8-14(9-7-13)29(4)11-5-10-20-16-21-15(19)22-17(23-16)28(2)3/h6-9H,5,10-11H2,1-4H3,(H3,19,20,21,22,23)/b27-25+. The van der Waals surface area contributed by atoms with Crippen LogP contribution in [-0.2, 0) is 0 Å². The number of aromatic nitrogens is 5. The number of rotatable bonds is 9. The first-order chi connectivity index (χ1) is 14.4. The molecule has 0 radical (unpaired) electrons. The lowest BCUT2D eigenvalue weighted by atomic mass is 10.2. The van der Waals surface area contributed by atoms with E-state index in [0.717, 1.165) is 29.3 Å². The van der Waals surface area contributed by atoms with Crippen LogP contribution in [0.15, 0.2) is 34.5 Å². The van der Waals surface area contributed by atoms with E-state index in [1.165, 1.54) is 11.3 Å². The van der Waals surface area contributed by atoms with E-state index in [1.807, 2.05) is 52.3 Å². The Morgan fingerprint density at radius 3 is 2.47 bits per heavy atom. The van der Waals surface area contributed by atoms with E-state index < -0.39 is 0 Å². The van der Waals surface area contributed by atoms with Gasteiger partial charge < -0.3 is 20.9 Å². The van der Waals surface area contributed by atoms with E-state index in [9.17, 15) is 0 Å². The van der Waals surface area contributed by atoms with Crippen LogP contribution < -0.4 is 20.9 Å². The van der Waals surface area contributed by atoms with Crippen molar-refractivity contribution in [3.05, 3.63) is 29.3 Å². The Hall–Kier alpha value is -3.41. The van der Waals surface area contributed by atoms with Crippen molar-refractivity contribution in [2.24, 2.45) is 10.2 Å². The molecule has 2 aromatic heterocycles. The molecule has 0 aliphatic carbocycles. The first-order valence-electron chi connectivity index (χ1n) is 9.36.